The Hall–Kier alpha value is -4.66. The van der Waals surface area contributed by atoms with Crippen LogP contribution in [0.4, 0.5) is 0 Å². The van der Waals surface area contributed by atoms with Gasteiger partial charge in [0, 0.05) is 42.2 Å². The lowest BCUT2D eigenvalue weighted by atomic mass is 9.93. The van der Waals surface area contributed by atoms with E-state index in [0.29, 0.717) is 54.1 Å². The summed E-state index contributed by atoms with van der Waals surface area (Å²) in [5.74, 6) is 1.32. The highest BCUT2D eigenvalue weighted by Crippen LogP contribution is 2.37. The highest BCUT2D eigenvalue weighted by Gasteiger charge is 2.29. The van der Waals surface area contributed by atoms with E-state index in [9.17, 15) is 20.3 Å². The maximum atomic E-state index is 12.1. The first-order chi connectivity index (χ1) is 26.1. The van der Waals surface area contributed by atoms with Crippen molar-refractivity contribution in [1.82, 2.24) is 15.2 Å². The van der Waals surface area contributed by atoms with Gasteiger partial charge in [-0.15, -0.1) is 0 Å². The number of rotatable bonds is 18. The van der Waals surface area contributed by atoms with Crippen LogP contribution in [-0.2, 0) is 24.6 Å². The number of aliphatic hydroxyl groups excluding tert-OH is 1. The monoisotopic (exact) mass is 754 g/mol. The molecule has 2 heterocycles. The summed E-state index contributed by atoms with van der Waals surface area (Å²) in [6.07, 6.45) is 6.35. The second-order valence-electron chi connectivity index (χ2n) is 14.2. The lowest BCUT2D eigenvalue weighted by molar-refractivity contribution is -0.144. The van der Waals surface area contributed by atoms with Crippen LogP contribution in [0.1, 0.15) is 72.9 Å². The number of aliphatic hydroxyl groups is 1. The summed E-state index contributed by atoms with van der Waals surface area (Å²) in [7, 11) is 0. The van der Waals surface area contributed by atoms with Crippen molar-refractivity contribution in [2.45, 2.75) is 85.2 Å². The molecule has 10 nitrogen and oxygen atoms in total. The number of hydrogen-bond acceptors (Lipinski definition) is 9. The second kappa shape index (κ2) is 19.6. The summed E-state index contributed by atoms with van der Waals surface area (Å²) in [4.78, 5) is 18.2. The molecule has 0 bridgehead atoms. The van der Waals surface area contributed by atoms with Gasteiger partial charge in [-0.2, -0.15) is 5.26 Å². The third kappa shape index (κ3) is 10.5. The quantitative estimate of drug-likeness (QED) is 0.0861. The third-order valence-corrected chi connectivity index (χ3v) is 10.4. The minimum Gasteiger partial charge on any atom is -0.493 e. The molecule has 3 aromatic carbocycles. The van der Waals surface area contributed by atoms with Crippen LogP contribution in [0.25, 0.3) is 11.1 Å². The summed E-state index contributed by atoms with van der Waals surface area (Å²) < 4.78 is 18.9. The molecule has 4 aromatic rings. The fraction of sp³-hybridized carbons (Fsp3) is 0.419. The van der Waals surface area contributed by atoms with Crippen molar-refractivity contribution < 1.29 is 29.2 Å². The summed E-state index contributed by atoms with van der Waals surface area (Å²) in [6.45, 7) is 11.2. The van der Waals surface area contributed by atoms with Crippen molar-refractivity contribution in [3.8, 4) is 34.4 Å². The number of hydrogen-bond donors (Lipinski definition) is 3. The van der Waals surface area contributed by atoms with Crippen LogP contribution in [0, 0.1) is 31.1 Å². The second-order valence-corrected chi connectivity index (χ2v) is 14.6. The molecule has 0 spiro atoms. The number of pyridine rings is 1. The number of carboxylic acids is 1. The van der Waals surface area contributed by atoms with Crippen LogP contribution in [0.2, 0.25) is 5.02 Å². The molecule has 1 saturated heterocycles. The standard InChI is InChI=1S/C43H51ClN4O6/c1-28(2)38(25-49)47-15-9-17-52-40-14-8-12-36(30(40)4)35-11-7-10-33(29(35)3)27-54-42-20-41(53-26-32-18-31(21-45)22-46-23-32)34(19-37(42)44)24-48-16-6-5-13-39(48)43(50)51/h7-8,10-12,14,18-20,22-23,28,38-39,47,49H,5-6,9,13,15-17,24-27H2,1-4H3,(H,50,51)/t38-,39-/m0/s1. The molecule has 1 fully saturated rings. The summed E-state index contributed by atoms with van der Waals surface area (Å²) in [5.41, 5.74) is 7.19. The first kappa shape index (κ1) is 40.5. The molecule has 0 unspecified atom stereocenters. The van der Waals surface area contributed by atoms with E-state index in [4.69, 9.17) is 25.8 Å². The van der Waals surface area contributed by atoms with Crippen LogP contribution in [0.5, 0.6) is 17.2 Å². The molecule has 0 saturated carbocycles. The van der Waals surface area contributed by atoms with Crippen molar-refractivity contribution in [3.05, 3.63) is 105 Å². The Bertz CT molecular complexity index is 1930. The molecule has 0 aliphatic carbocycles. The van der Waals surface area contributed by atoms with Gasteiger partial charge >= 0.3 is 5.97 Å². The Kier molecular flexibility index (Phi) is 14.7. The number of likely N-dealkylation sites (tertiary alicyclic amines) is 1. The number of ether oxygens (including phenoxy) is 3. The van der Waals surface area contributed by atoms with E-state index in [-0.39, 0.29) is 25.9 Å². The normalized spacial score (nSPS) is 15.1. The molecule has 11 heteroatoms. The molecule has 1 aromatic heterocycles. The number of carboxylic acid groups (broad SMARTS) is 1. The highest BCUT2D eigenvalue weighted by molar-refractivity contribution is 6.32. The fourth-order valence-corrected chi connectivity index (χ4v) is 7.06. The molecule has 1 aliphatic heterocycles. The van der Waals surface area contributed by atoms with E-state index in [0.717, 1.165) is 70.5 Å². The van der Waals surface area contributed by atoms with Crippen LogP contribution >= 0.6 is 11.6 Å². The number of benzene rings is 3. The number of aromatic nitrogens is 1. The summed E-state index contributed by atoms with van der Waals surface area (Å²) in [5, 5.41) is 32.6. The largest absolute Gasteiger partial charge is 0.493 e. The van der Waals surface area contributed by atoms with Gasteiger partial charge in [0.1, 0.15) is 42.6 Å². The molecule has 286 valence electrons. The molecule has 0 radical (unpaired) electrons. The molecular formula is C43H51ClN4O6. The fourth-order valence-electron chi connectivity index (χ4n) is 6.81. The van der Waals surface area contributed by atoms with Gasteiger partial charge in [-0.25, -0.2) is 0 Å². The van der Waals surface area contributed by atoms with Gasteiger partial charge in [-0.1, -0.05) is 62.2 Å². The Morgan fingerprint density at radius 2 is 1.74 bits per heavy atom. The summed E-state index contributed by atoms with van der Waals surface area (Å²) in [6, 6.07) is 19.2. The highest BCUT2D eigenvalue weighted by atomic mass is 35.5. The van der Waals surface area contributed by atoms with Crippen molar-refractivity contribution in [3.63, 3.8) is 0 Å². The Balaban J connectivity index is 1.32. The van der Waals surface area contributed by atoms with Gasteiger partial charge in [0.2, 0.25) is 0 Å². The third-order valence-electron chi connectivity index (χ3n) is 10.1. The first-order valence-corrected chi connectivity index (χ1v) is 19.0. The van der Waals surface area contributed by atoms with Crippen LogP contribution < -0.4 is 19.5 Å². The van der Waals surface area contributed by atoms with E-state index in [1.54, 1.807) is 24.4 Å². The number of halogens is 1. The van der Waals surface area contributed by atoms with E-state index in [1.807, 2.05) is 29.2 Å². The van der Waals surface area contributed by atoms with Crippen LogP contribution in [-0.4, -0.2) is 64.5 Å². The molecule has 2 atom stereocenters. The predicted molar refractivity (Wildman–Crippen MR) is 210 cm³/mol. The molecular weight excluding hydrogens is 704 g/mol. The summed E-state index contributed by atoms with van der Waals surface area (Å²) >= 11 is 6.85. The Labute approximate surface area is 323 Å². The average Bonchev–Trinajstić information content (AvgIpc) is 3.16. The Morgan fingerprint density at radius 3 is 2.48 bits per heavy atom. The van der Waals surface area contributed by atoms with Crippen molar-refractivity contribution in [2.24, 2.45) is 5.92 Å². The number of nitrogens with zero attached hydrogens (tertiary/aromatic N) is 3. The number of carbonyl (C=O) groups is 1. The minimum atomic E-state index is -0.836. The molecule has 0 amide bonds. The Morgan fingerprint density at radius 1 is 0.981 bits per heavy atom. The van der Waals surface area contributed by atoms with Gasteiger partial charge in [-0.3, -0.25) is 14.7 Å². The molecule has 3 N–H and O–H groups in total. The minimum absolute atomic E-state index is 0.0788. The zero-order chi connectivity index (χ0) is 38.6. The predicted octanol–water partition coefficient (Wildman–Crippen LogP) is 7.86. The topological polar surface area (TPSA) is 137 Å². The first-order valence-electron chi connectivity index (χ1n) is 18.6. The molecule has 54 heavy (non-hydrogen) atoms. The smallest absolute Gasteiger partial charge is 0.320 e. The molecule has 1 aliphatic rings. The number of nitriles is 1. The average molecular weight is 755 g/mol. The zero-order valence-corrected chi connectivity index (χ0v) is 32.4. The van der Waals surface area contributed by atoms with E-state index in [1.165, 1.54) is 6.20 Å². The van der Waals surface area contributed by atoms with Gasteiger partial charge in [0.25, 0.3) is 0 Å². The number of nitrogens with one attached hydrogen (secondary N) is 1. The maximum Gasteiger partial charge on any atom is 0.320 e. The van der Waals surface area contributed by atoms with Crippen LogP contribution in [0.3, 0.4) is 0 Å². The van der Waals surface area contributed by atoms with Gasteiger partial charge < -0.3 is 29.7 Å². The van der Waals surface area contributed by atoms with Crippen molar-refractivity contribution in [2.75, 3.05) is 26.3 Å². The number of aliphatic carboxylic acids is 1. The molecule has 5 rings (SSSR count). The van der Waals surface area contributed by atoms with Crippen molar-refractivity contribution in [1.29, 1.82) is 5.26 Å². The maximum absolute atomic E-state index is 12.1. The van der Waals surface area contributed by atoms with E-state index >= 15 is 0 Å². The van der Waals surface area contributed by atoms with Gasteiger partial charge in [-0.05, 0) is 98.1 Å². The zero-order valence-electron chi connectivity index (χ0n) is 31.6. The van der Waals surface area contributed by atoms with Crippen LogP contribution in [0.15, 0.2) is 67.0 Å². The number of piperidine rings is 1. The van der Waals surface area contributed by atoms with Gasteiger partial charge in [0.05, 0.1) is 23.8 Å². The van der Waals surface area contributed by atoms with Crippen molar-refractivity contribution >= 4 is 17.6 Å². The van der Waals surface area contributed by atoms with E-state index < -0.39 is 12.0 Å². The lowest BCUT2D eigenvalue weighted by Crippen LogP contribution is -2.44. The SMILES string of the molecule is Cc1c(COc2cc(OCc3cncc(C#N)c3)c(CN3CCCC[C@H]3C(=O)O)cc2Cl)cccc1-c1cccc(OCCCN[C@@H](CO)C(C)C)c1C. The van der Waals surface area contributed by atoms with Gasteiger partial charge in [0.15, 0.2) is 0 Å². The van der Waals surface area contributed by atoms with E-state index in [2.05, 4.69) is 56.2 Å². The lowest BCUT2D eigenvalue weighted by Gasteiger charge is -2.33.